The van der Waals surface area contributed by atoms with Gasteiger partial charge in [-0.1, -0.05) is 5.16 Å². The average molecular weight is 272 g/mol. The highest BCUT2D eigenvalue weighted by molar-refractivity contribution is 5.91. The van der Waals surface area contributed by atoms with Gasteiger partial charge in [-0.15, -0.1) is 0 Å². The molecule has 6 heteroatoms. The minimum atomic E-state index is -0.328. The Hall–Kier alpha value is -2.76. The summed E-state index contributed by atoms with van der Waals surface area (Å²) in [6, 6.07) is 8.78. The molecule has 6 nitrogen and oxygen atoms in total. The van der Waals surface area contributed by atoms with E-state index in [2.05, 4.69) is 10.5 Å². The topological polar surface area (TPSA) is 81.4 Å². The van der Waals surface area contributed by atoms with Gasteiger partial charge in [0.25, 0.3) is 5.91 Å². The Bertz CT molecular complexity index is 607. The molecule has 102 valence electrons. The molecule has 3 rings (SSSR count). The second-order valence-electron chi connectivity index (χ2n) is 4.17. The van der Waals surface area contributed by atoms with Gasteiger partial charge < -0.3 is 18.7 Å². The second-order valence-corrected chi connectivity index (χ2v) is 4.17. The lowest BCUT2D eigenvalue weighted by Crippen LogP contribution is -2.28. The Labute approximate surface area is 114 Å². The number of hydrogen-bond acceptors (Lipinski definition) is 5. The van der Waals surface area contributed by atoms with Gasteiger partial charge in [0.2, 0.25) is 5.76 Å². The van der Waals surface area contributed by atoms with Crippen LogP contribution in [0.2, 0.25) is 0 Å². The molecule has 0 unspecified atom stereocenters. The zero-order valence-corrected chi connectivity index (χ0v) is 10.5. The highest BCUT2D eigenvalue weighted by Gasteiger charge is 2.21. The molecule has 1 N–H and O–H groups in total. The maximum atomic E-state index is 11.8. The van der Waals surface area contributed by atoms with Crippen molar-refractivity contribution in [2.24, 2.45) is 0 Å². The van der Waals surface area contributed by atoms with Crippen molar-refractivity contribution in [3.63, 3.8) is 0 Å². The van der Waals surface area contributed by atoms with Gasteiger partial charge in [-0.25, -0.2) is 0 Å². The van der Waals surface area contributed by atoms with Crippen LogP contribution >= 0.6 is 0 Å². The van der Waals surface area contributed by atoms with Gasteiger partial charge in [-0.2, -0.15) is 0 Å². The Balaban J connectivity index is 1.73. The summed E-state index contributed by atoms with van der Waals surface area (Å²) in [4.78, 5) is 11.8. The first-order valence-corrected chi connectivity index (χ1v) is 6.10. The zero-order valence-electron chi connectivity index (χ0n) is 10.5. The molecule has 0 spiro atoms. The van der Waals surface area contributed by atoms with Crippen molar-refractivity contribution >= 4 is 5.91 Å². The molecule has 3 heterocycles. The van der Waals surface area contributed by atoms with E-state index in [0.29, 0.717) is 6.54 Å². The molecule has 20 heavy (non-hydrogen) atoms. The van der Waals surface area contributed by atoms with E-state index in [1.54, 1.807) is 24.7 Å². The SMILES string of the molecule is O=C(NCC(c1ccco1)c1ccco1)c1ccno1. The largest absolute Gasteiger partial charge is 0.469 e. The van der Waals surface area contributed by atoms with Crippen LogP contribution < -0.4 is 5.32 Å². The van der Waals surface area contributed by atoms with Crippen molar-refractivity contribution in [1.82, 2.24) is 10.5 Å². The smallest absolute Gasteiger partial charge is 0.289 e. The van der Waals surface area contributed by atoms with Crippen LogP contribution in [0.4, 0.5) is 0 Å². The normalized spacial score (nSPS) is 10.8. The van der Waals surface area contributed by atoms with E-state index in [-0.39, 0.29) is 17.6 Å². The van der Waals surface area contributed by atoms with Gasteiger partial charge in [0.05, 0.1) is 24.6 Å². The Morgan fingerprint density at radius 3 is 2.35 bits per heavy atom. The van der Waals surface area contributed by atoms with Gasteiger partial charge in [0.1, 0.15) is 11.5 Å². The summed E-state index contributed by atoms with van der Waals surface area (Å²) in [5, 5.41) is 6.27. The quantitative estimate of drug-likeness (QED) is 0.771. The molecule has 0 saturated carbocycles. The van der Waals surface area contributed by atoms with Gasteiger partial charge >= 0.3 is 0 Å². The highest BCUT2D eigenvalue weighted by Crippen LogP contribution is 2.24. The van der Waals surface area contributed by atoms with E-state index >= 15 is 0 Å². The van der Waals surface area contributed by atoms with E-state index in [1.165, 1.54) is 12.3 Å². The summed E-state index contributed by atoms with van der Waals surface area (Å²) in [6.07, 6.45) is 4.60. The number of carbonyl (C=O) groups excluding carboxylic acids is 1. The standard InChI is InChI=1S/C14H12N2O4/c17-14(13-5-6-16-20-13)15-9-10(11-3-1-7-18-11)12-4-2-8-19-12/h1-8,10H,9H2,(H,15,17). The summed E-state index contributed by atoms with van der Waals surface area (Å²) in [7, 11) is 0. The van der Waals surface area contributed by atoms with Crippen molar-refractivity contribution in [3.8, 4) is 0 Å². The molecule has 0 aromatic carbocycles. The summed E-state index contributed by atoms with van der Waals surface area (Å²) in [5.74, 6) is 1.09. The molecule has 0 saturated heterocycles. The number of carbonyl (C=O) groups is 1. The second kappa shape index (κ2) is 5.48. The number of nitrogens with one attached hydrogen (secondary N) is 1. The molecular formula is C14H12N2O4. The van der Waals surface area contributed by atoms with Gasteiger partial charge in [0, 0.05) is 12.6 Å². The molecule has 0 radical (unpaired) electrons. The molecular weight excluding hydrogens is 260 g/mol. The molecule has 1 amide bonds. The average Bonchev–Trinajstić information content (AvgIpc) is 3.22. The van der Waals surface area contributed by atoms with Crippen LogP contribution in [0.5, 0.6) is 0 Å². The number of aromatic nitrogens is 1. The van der Waals surface area contributed by atoms with Gasteiger partial charge in [-0.3, -0.25) is 4.79 Å². The van der Waals surface area contributed by atoms with E-state index in [9.17, 15) is 4.79 Å². The molecule has 0 aliphatic rings. The number of rotatable bonds is 5. The third kappa shape index (κ3) is 2.49. The van der Waals surface area contributed by atoms with E-state index in [1.807, 2.05) is 12.1 Å². The number of nitrogens with zero attached hydrogens (tertiary/aromatic N) is 1. The molecule has 3 aromatic heterocycles. The number of amides is 1. The monoisotopic (exact) mass is 272 g/mol. The number of furan rings is 2. The third-order valence-corrected chi connectivity index (χ3v) is 2.90. The molecule has 0 fully saturated rings. The van der Waals surface area contributed by atoms with Crippen LogP contribution in [0.1, 0.15) is 28.0 Å². The maximum absolute atomic E-state index is 11.8. The lowest BCUT2D eigenvalue weighted by Gasteiger charge is -2.12. The first-order chi connectivity index (χ1) is 9.84. The third-order valence-electron chi connectivity index (χ3n) is 2.90. The lowest BCUT2D eigenvalue weighted by atomic mass is 10.0. The van der Waals surface area contributed by atoms with Gasteiger partial charge in [0.15, 0.2) is 0 Å². The van der Waals surface area contributed by atoms with Crippen LogP contribution in [0.3, 0.4) is 0 Å². The molecule has 0 atom stereocenters. The van der Waals surface area contributed by atoms with E-state index in [0.717, 1.165) is 11.5 Å². The predicted octanol–water partition coefficient (Wildman–Crippen LogP) is 2.42. The molecule has 0 aliphatic heterocycles. The van der Waals surface area contributed by atoms with Crippen LogP contribution in [0.15, 0.2) is 62.4 Å². The summed E-state index contributed by atoms with van der Waals surface area (Å²) >= 11 is 0. The van der Waals surface area contributed by atoms with Crippen molar-refractivity contribution in [3.05, 3.63) is 66.3 Å². The molecule has 0 aliphatic carbocycles. The Kier molecular flexibility index (Phi) is 3.36. The number of hydrogen-bond donors (Lipinski definition) is 1. The van der Waals surface area contributed by atoms with Crippen molar-refractivity contribution in [2.45, 2.75) is 5.92 Å². The van der Waals surface area contributed by atoms with Gasteiger partial charge in [-0.05, 0) is 24.3 Å². The first kappa shape index (κ1) is 12.3. The Morgan fingerprint density at radius 1 is 1.15 bits per heavy atom. The highest BCUT2D eigenvalue weighted by atomic mass is 16.5. The summed E-state index contributed by atoms with van der Waals surface area (Å²) < 4.78 is 15.6. The van der Waals surface area contributed by atoms with E-state index in [4.69, 9.17) is 13.4 Å². The summed E-state index contributed by atoms with van der Waals surface area (Å²) in [5.41, 5.74) is 0. The fraction of sp³-hybridized carbons (Fsp3) is 0.143. The molecule has 3 aromatic rings. The lowest BCUT2D eigenvalue weighted by molar-refractivity contribution is 0.0914. The minimum Gasteiger partial charge on any atom is -0.469 e. The fourth-order valence-corrected chi connectivity index (χ4v) is 1.94. The van der Waals surface area contributed by atoms with Crippen LogP contribution in [-0.4, -0.2) is 17.6 Å². The summed E-state index contributed by atoms with van der Waals surface area (Å²) in [6.45, 7) is 0.334. The van der Waals surface area contributed by atoms with Crippen molar-refractivity contribution in [2.75, 3.05) is 6.54 Å². The van der Waals surface area contributed by atoms with Crippen LogP contribution in [-0.2, 0) is 0 Å². The van der Waals surface area contributed by atoms with Crippen molar-refractivity contribution in [1.29, 1.82) is 0 Å². The zero-order chi connectivity index (χ0) is 13.8. The van der Waals surface area contributed by atoms with Crippen molar-refractivity contribution < 1.29 is 18.2 Å². The first-order valence-electron chi connectivity index (χ1n) is 6.10. The minimum absolute atomic E-state index is 0.169. The van der Waals surface area contributed by atoms with E-state index < -0.39 is 0 Å². The molecule has 0 bridgehead atoms. The Morgan fingerprint density at radius 2 is 1.85 bits per heavy atom. The maximum Gasteiger partial charge on any atom is 0.289 e. The van der Waals surface area contributed by atoms with Crippen LogP contribution in [0, 0.1) is 0 Å². The fourth-order valence-electron chi connectivity index (χ4n) is 1.94. The predicted molar refractivity (Wildman–Crippen MR) is 68.1 cm³/mol. The van der Waals surface area contributed by atoms with Crippen LogP contribution in [0.25, 0.3) is 0 Å².